The van der Waals surface area contributed by atoms with Crippen LogP contribution in [0.3, 0.4) is 0 Å². The van der Waals surface area contributed by atoms with Gasteiger partial charge in [-0.15, -0.1) is 0 Å². The van der Waals surface area contributed by atoms with E-state index in [0.717, 1.165) is 18.5 Å². The number of hydrogen-bond acceptors (Lipinski definition) is 2. The summed E-state index contributed by atoms with van der Waals surface area (Å²) < 4.78 is 0. The van der Waals surface area contributed by atoms with E-state index in [1.807, 2.05) is 6.07 Å². The van der Waals surface area contributed by atoms with Gasteiger partial charge in [-0.25, -0.2) is 0 Å². The highest BCUT2D eigenvalue weighted by Gasteiger charge is 2.28. The zero-order chi connectivity index (χ0) is 14.0. The molecule has 1 aliphatic heterocycles. The van der Waals surface area contributed by atoms with Crippen molar-refractivity contribution in [2.75, 3.05) is 13.1 Å². The summed E-state index contributed by atoms with van der Waals surface area (Å²) in [4.78, 5) is 14.0. The number of amides is 1. The SMILES string of the molecule is CC(O)C1CCN(C(=O)Cc2ccc(Cl)c(Cl)c2)C1. The standard InChI is InChI=1S/C14H17Cl2NO2/c1-9(18)11-4-5-17(8-11)14(19)7-10-2-3-12(15)13(16)6-10/h2-3,6,9,11,18H,4-5,7-8H2,1H3. The quantitative estimate of drug-likeness (QED) is 0.932. The number of carbonyl (C=O) groups is 1. The van der Waals surface area contributed by atoms with Crippen LogP contribution in [0.15, 0.2) is 18.2 Å². The average molecular weight is 302 g/mol. The Labute approximate surface area is 123 Å². The maximum atomic E-state index is 12.1. The lowest BCUT2D eigenvalue weighted by molar-refractivity contribution is -0.129. The van der Waals surface area contributed by atoms with Crippen LogP contribution in [-0.4, -0.2) is 35.1 Å². The van der Waals surface area contributed by atoms with Crippen LogP contribution >= 0.6 is 23.2 Å². The molecule has 104 valence electrons. The number of rotatable bonds is 3. The van der Waals surface area contributed by atoms with E-state index in [0.29, 0.717) is 23.0 Å². The topological polar surface area (TPSA) is 40.5 Å². The lowest BCUT2D eigenvalue weighted by Gasteiger charge is -2.18. The van der Waals surface area contributed by atoms with Gasteiger partial charge in [0.2, 0.25) is 5.91 Å². The predicted molar refractivity (Wildman–Crippen MR) is 76.5 cm³/mol. The van der Waals surface area contributed by atoms with E-state index >= 15 is 0 Å². The number of aliphatic hydroxyl groups is 1. The fourth-order valence-electron chi connectivity index (χ4n) is 2.34. The highest BCUT2D eigenvalue weighted by atomic mass is 35.5. The molecule has 1 heterocycles. The highest BCUT2D eigenvalue weighted by molar-refractivity contribution is 6.42. The Morgan fingerprint density at radius 3 is 2.79 bits per heavy atom. The Bertz CT molecular complexity index is 477. The van der Waals surface area contributed by atoms with Crippen molar-refractivity contribution in [1.29, 1.82) is 0 Å². The lowest BCUT2D eigenvalue weighted by atomic mass is 10.0. The first-order chi connectivity index (χ1) is 8.97. The van der Waals surface area contributed by atoms with Gasteiger partial charge < -0.3 is 10.0 Å². The van der Waals surface area contributed by atoms with E-state index in [-0.39, 0.29) is 17.9 Å². The van der Waals surface area contributed by atoms with Gasteiger partial charge in [0.15, 0.2) is 0 Å². The molecule has 5 heteroatoms. The molecule has 1 aromatic rings. The summed E-state index contributed by atoms with van der Waals surface area (Å²) in [5, 5.41) is 10.5. The maximum absolute atomic E-state index is 12.1. The van der Waals surface area contributed by atoms with Gasteiger partial charge in [-0.2, -0.15) is 0 Å². The molecule has 1 N–H and O–H groups in total. The summed E-state index contributed by atoms with van der Waals surface area (Å²) in [5.41, 5.74) is 0.861. The number of benzene rings is 1. The minimum atomic E-state index is -0.359. The largest absolute Gasteiger partial charge is 0.393 e. The summed E-state index contributed by atoms with van der Waals surface area (Å²) in [6.45, 7) is 3.13. The Kier molecular flexibility index (Phi) is 4.71. The van der Waals surface area contributed by atoms with Crippen molar-refractivity contribution < 1.29 is 9.90 Å². The van der Waals surface area contributed by atoms with E-state index in [1.165, 1.54) is 0 Å². The van der Waals surface area contributed by atoms with Gasteiger partial charge >= 0.3 is 0 Å². The molecule has 0 bridgehead atoms. The van der Waals surface area contributed by atoms with Crippen LogP contribution in [-0.2, 0) is 11.2 Å². The minimum Gasteiger partial charge on any atom is -0.393 e. The zero-order valence-electron chi connectivity index (χ0n) is 10.8. The van der Waals surface area contributed by atoms with E-state index in [2.05, 4.69) is 0 Å². The summed E-state index contributed by atoms with van der Waals surface area (Å²) in [7, 11) is 0. The van der Waals surface area contributed by atoms with Gasteiger partial charge in [0, 0.05) is 19.0 Å². The fourth-order valence-corrected chi connectivity index (χ4v) is 2.66. The predicted octanol–water partition coefficient (Wildman–Crippen LogP) is 2.77. The first kappa shape index (κ1) is 14.6. The minimum absolute atomic E-state index is 0.0709. The summed E-state index contributed by atoms with van der Waals surface area (Å²) in [6.07, 6.45) is 0.830. The van der Waals surface area contributed by atoms with E-state index in [4.69, 9.17) is 23.2 Å². The molecule has 19 heavy (non-hydrogen) atoms. The van der Waals surface area contributed by atoms with Crippen molar-refractivity contribution in [1.82, 2.24) is 4.90 Å². The molecular formula is C14H17Cl2NO2. The number of hydrogen-bond donors (Lipinski definition) is 1. The van der Waals surface area contributed by atoms with Crippen molar-refractivity contribution in [2.45, 2.75) is 25.9 Å². The molecule has 1 aliphatic rings. The van der Waals surface area contributed by atoms with Gasteiger partial charge in [0.05, 0.1) is 22.6 Å². The summed E-state index contributed by atoms with van der Waals surface area (Å²) in [5.74, 6) is 0.263. The molecule has 0 spiro atoms. The lowest BCUT2D eigenvalue weighted by Crippen LogP contribution is -2.31. The molecule has 1 aromatic carbocycles. The van der Waals surface area contributed by atoms with Crippen molar-refractivity contribution in [2.24, 2.45) is 5.92 Å². The summed E-state index contributed by atoms with van der Waals surface area (Å²) in [6, 6.07) is 5.24. The van der Waals surface area contributed by atoms with Crippen molar-refractivity contribution in [3.8, 4) is 0 Å². The number of aliphatic hydroxyl groups excluding tert-OH is 1. The second-order valence-corrected chi connectivity index (χ2v) is 5.87. The van der Waals surface area contributed by atoms with Gasteiger partial charge in [-0.3, -0.25) is 4.79 Å². The molecule has 3 nitrogen and oxygen atoms in total. The van der Waals surface area contributed by atoms with Gasteiger partial charge in [0.1, 0.15) is 0 Å². The van der Waals surface area contributed by atoms with E-state index < -0.39 is 0 Å². The number of likely N-dealkylation sites (tertiary alicyclic amines) is 1. The molecule has 0 radical (unpaired) electrons. The van der Waals surface area contributed by atoms with Crippen LogP contribution in [0.1, 0.15) is 18.9 Å². The third-order valence-electron chi connectivity index (χ3n) is 3.60. The van der Waals surface area contributed by atoms with Crippen LogP contribution in [0.5, 0.6) is 0 Å². The molecule has 2 atom stereocenters. The fraction of sp³-hybridized carbons (Fsp3) is 0.500. The smallest absolute Gasteiger partial charge is 0.227 e. The van der Waals surface area contributed by atoms with Crippen molar-refractivity contribution >= 4 is 29.1 Å². The first-order valence-corrected chi connectivity index (χ1v) is 7.12. The average Bonchev–Trinajstić information content (AvgIpc) is 2.83. The molecule has 0 saturated carbocycles. The number of halogens is 2. The Balaban J connectivity index is 1.96. The van der Waals surface area contributed by atoms with Crippen molar-refractivity contribution in [3.05, 3.63) is 33.8 Å². The number of nitrogens with zero attached hydrogens (tertiary/aromatic N) is 1. The van der Waals surface area contributed by atoms with E-state index in [9.17, 15) is 9.90 Å². The zero-order valence-corrected chi connectivity index (χ0v) is 12.3. The Morgan fingerprint density at radius 1 is 1.47 bits per heavy atom. The summed E-state index contributed by atoms with van der Waals surface area (Å²) >= 11 is 11.8. The number of carbonyl (C=O) groups excluding carboxylic acids is 1. The Morgan fingerprint density at radius 2 is 2.21 bits per heavy atom. The van der Waals surface area contributed by atoms with Crippen LogP contribution in [0, 0.1) is 5.92 Å². The molecule has 0 aromatic heterocycles. The molecule has 1 saturated heterocycles. The van der Waals surface area contributed by atoms with Gasteiger partial charge in [-0.05, 0) is 31.0 Å². The van der Waals surface area contributed by atoms with Crippen molar-refractivity contribution in [3.63, 3.8) is 0 Å². The second kappa shape index (κ2) is 6.12. The molecule has 1 amide bonds. The third kappa shape index (κ3) is 3.62. The molecular weight excluding hydrogens is 285 g/mol. The Hall–Kier alpha value is -0.770. The van der Waals surface area contributed by atoms with Gasteiger partial charge in [0.25, 0.3) is 0 Å². The maximum Gasteiger partial charge on any atom is 0.227 e. The third-order valence-corrected chi connectivity index (χ3v) is 4.34. The normalized spacial score (nSPS) is 20.6. The molecule has 0 aliphatic carbocycles. The highest BCUT2D eigenvalue weighted by Crippen LogP contribution is 2.24. The first-order valence-electron chi connectivity index (χ1n) is 6.37. The second-order valence-electron chi connectivity index (χ2n) is 5.05. The van der Waals surface area contributed by atoms with Crippen LogP contribution < -0.4 is 0 Å². The van der Waals surface area contributed by atoms with E-state index in [1.54, 1.807) is 24.0 Å². The molecule has 1 fully saturated rings. The monoisotopic (exact) mass is 301 g/mol. The van der Waals surface area contributed by atoms with Crippen LogP contribution in [0.2, 0.25) is 10.0 Å². The van der Waals surface area contributed by atoms with Gasteiger partial charge in [-0.1, -0.05) is 29.3 Å². The molecule has 2 rings (SSSR count). The molecule has 2 unspecified atom stereocenters. The van der Waals surface area contributed by atoms with Crippen LogP contribution in [0.25, 0.3) is 0 Å². The van der Waals surface area contributed by atoms with Crippen LogP contribution in [0.4, 0.5) is 0 Å².